The molecule has 0 unspecified atom stereocenters. The number of ether oxygens (including phenoxy) is 1. The van der Waals surface area contributed by atoms with Gasteiger partial charge in [-0.05, 0) is 60.7 Å². The van der Waals surface area contributed by atoms with Gasteiger partial charge in [0.1, 0.15) is 11.6 Å². The number of anilines is 3. The maximum Gasteiger partial charge on any atom is 0.262 e. The zero-order valence-electron chi connectivity index (χ0n) is 13.7. The SMILES string of the molecule is O=C(COc1ccc(Cl)cc1)Nc1ccc(Nc2ccccc2F)cc1. The molecule has 0 aliphatic carbocycles. The second-order valence-corrected chi connectivity index (χ2v) is 5.91. The minimum atomic E-state index is -0.329. The molecule has 0 fully saturated rings. The number of benzene rings is 3. The summed E-state index contributed by atoms with van der Waals surface area (Å²) in [7, 11) is 0. The zero-order chi connectivity index (χ0) is 18.4. The van der Waals surface area contributed by atoms with E-state index in [2.05, 4.69) is 10.6 Å². The highest BCUT2D eigenvalue weighted by Gasteiger charge is 2.05. The summed E-state index contributed by atoms with van der Waals surface area (Å²) >= 11 is 5.79. The van der Waals surface area contributed by atoms with Crippen molar-refractivity contribution in [3.05, 3.63) is 83.6 Å². The monoisotopic (exact) mass is 370 g/mol. The van der Waals surface area contributed by atoms with Gasteiger partial charge in [0, 0.05) is 16.4 Å². The number of rotatable bonds is 6. The Morgan fingerprint density at radius 2 is 1.58 bits per heavy atom. The van der Waals surface area contributed by atoms with Crippen molar-refractivity contribution in [2.45, 2.75) is 0 Å². The average molecular weight is 371 g/mol. The molecule has 0 saturated heterocycles. The number of carbonyl (C=O) groups excluding carboxylic acids is 1. The van der Waals surface area contributed by atoms with Gasteiger partial charge in [0.05, 0.1) is 5.69 Å². The van der Waals surface area contributed by atoms with Gasteiger partial charge in [-0.3, -0.25) is 4.79 Å². The minimum absolute atomic E-state index is 0.114. The van der Waals surface area contributed by atoms with Crippen LogP contribution in [0.3, 0.4) is 0 Å². The molecule has 0 radical (unpaired) electrons. The molecule has 0 spiro atoms. The van der Waals surface area contributed by atoms with Crippen LogP contribution in [0.2, 0.25) is 5.02 Å². The summed E-state index contributed by atoms with van der Waals surface area (Å²) in [5, 5.41) is 6.32. The van der Waals surface area contributed by atoms with Crippen LogP contribution in [0.1, 0.15) is 0 Å². The van der Waals surface area contributed by atoms with Crippen molar-refractivity contribution in [2.24, 2.45) is 0 Å². The summed E-state index contributed by atoms with van der Waals surface area (Å²) in [5.74, 6) is -0.0482. The van der Waals surface area contributed by atoms with Gasteiger partial charge >= 0.3 is 0 Å². The van der Waals surface area contributed by atoms with Crippen molar-refractivity contribution in [2.75, 3.05) is 17.2 Å². The zero-order valence-corrected chi connectivity index (χ0v) is 14.5. The van der Waals surface area contributed by atoms with Gasteiger partial charge in [-0.2, -0.15) is 0 Å². The normalized spacial score (nSPS) is 10.2. The van der Waals surface area contributed by atoms with Crippen LogP contribution in [-0.4, -0.2) is 12.5 Å². The fourth-order valence-electron chi connectivity index (χ4n) is 2.23. The summed E-state index contributed by atoms with van der Waals surface area (Å²) in [4.78, 5) is 11.9. The van der Waals surface area contributed by atoms with Gasteiger partial charge in [0.2, 0.25) is 0 Å². The van der Waals surface area contributed by atoms with Crippen molar-refractivity contribution >= 4 is 34.6 Å². The molecule has 2 N–H and O–H groups in total. The van der Waals surface area contributed by atoms with E-state index < -0.39 is 0 Å². The van der Waals surface area contributed by atoms with Crippen LogP contribution < -0.4 is 15.4 Å². The highest BCUT2D eigenvalue weighted by molar-refractivity contribution is 6.30. The fourth-order valence-corrected chi connectivity index (χ4v) is 2.36. The molecule has 0 bridgehead atoms. The summed E-state index contributed by atoms with van der Waals surface area (Å²) in [6.45, 7) is -0.114. The Hall–Kier alpha value is -3.05. The molecule has 0 saturated carbocycles. The van der Waals surface area contributed by atoms with E-state index in [1.54, 1.807) is 66.7 Å². The second kappa shape index (κ2) is 8.36. The van der Waals surface area contributed by atoms with Crippen LogP contribution in [0, 0.1) is 5.82 Å². The molecule has 0 aromatic heterocycles. The highest BCUT2D eigenvalue weighted by atomic mass is 35.5. The molecule has 0 heterocycles. The van der Waals surface area contributed by atoms with Crippen LogP contribution in [0.4, 0.5) is 21.5 Å². The maximum absolute atomic E-state index is 13.6. The Morgan fingerprint density at radius 3 is 2.27 bits per heavy atom. The maximum atomic E-state index is 13.6. The smallest absolute Gasteiger partial charge is 0.262 e. The number of amides is 1. The van der Waals surface area contributed by atoms with Gasteiger partial charge < -0.3 is 15.4 Å². The van der Waals surface area contributed by atoms with E-state index in [1.807, 2.05) is 0 Å². The predicted molar refractivity (Wildman–Crippen MR) is 102 cm³/mol. The molecule has 0 atom stereocenters. The van der Waals surface area contributed by atoms with E-state index in [0.29, 0.717) is 27.8 Å². The Morgan fingerprint density at radius 1 is 0.923 bits per heavy atom. The van der Waals surface area contributed by atoms with Crippen LogP contribution >= 0.6 is 11.6 Å². The number of hydrogen-bond donors (Lipinski definition) is 2. The predicted octanol–water partition coefficient (Wildman–Crippen LogP) is 5.24. The molecule has 26 heavy (non-hydrogen) atoms. The van der Waals surface area contributed by atoms with Crippen LogP contribution in [-0.2, 0) is 4.79 Å². The molecule has 0 aliphatic heterocycles. The van der Waals surface area contributed by atoms with Gasteiger partial charge in [-0.1, -0.05) is 23.7 Å². The Kier molecular flexibility index (Phi) is 5.71. The number of carbonyl (C=O) groups is 1. The third kappa shape index (κ3) is 4.97. The Bertz CT molecular complexity index is 883. The summed E-state index contributed by atoms with van der Waals surface area (Å²) < 4.78 is 19.0. The van der Waals surface area contributed by atoms with Gasteiger partial charge in [-0.25, -0.2) is 4.39 Å². The first-order valence-corrected chi connectivity index (χ1v) is 8.28. The topological polar surface area (TPSA) is 50.4 Å². The fraction of sp³-hybridized carbons (Fsp3) is 0.0500. The van der Waals surface area contributed by atoms with Gasteiger partial charge in [0.15, 0.2) is 6.61 Å². The number of para-hydroxylation sites is 1. The van der Waals surface area contributed by atoms with E-state index in [4.69, 9.17) is 16.3 Å². The van der Waals surface area contributed by atoms with Crippen LogP contribution in [0.5, 0.6) is 5.75 Å². The first-order chi connectivity index (χ1) is 12.6. The molecule has 3 aromatic rings. The van der Waals surface area contributed by atoms with Crippen molar-refractivity contribution < 1.29 is 13.9 Å². The number of halogens is 2. The summed E-state index contributed by atoms with van der Waals surface area (Å²) in [6.07, 6.45) is 0. The van der Waals surface area contributed by atoms with Crippen molar-refractivity contribution in [1.29, 1.82) is 0 Å². The number of nitrogens with one attached hydrogen (secondary N) is 2. The lowest BCUT2D eigenvalue weighted by Gasteiger charge is -2.10. The third-order valence-electron chi connectivity index (χ3n) is 3.51. The number of hydrogen-bond acceptors (Lipinski definition) is 3. The largest absolute Gasteiger partial charge is 0.484 e. The van der Waals surface area contributed by atoms with Crippen molar-refractivity contribution in [1.82, 2.24) is 0 Å². The van der Waals surface area contributed by atoms with Crippen molar-refractivity contribution in [3.8, 4) is 5.75 Å². The van der Waals surface area contributed by atoms with Crippen LogP contribution in [0.25, 0.3) is 0 Å². The molecule has 132 valence electrons. The minimum Gasteiger partial charge on any atom is -0.484 e. The lowest BCUT2D eigenvalue weighted by atomic mass is 10.2. The van der Waals surface area contributed by atoms with E-state index in [0.717, 1.165) is 0 Å². The quantitative estimate of drug-likeness (QED) is 0.623. The second-order valence-electron chi connectivity index (χ2n) is 5.47. The lowest BCUT2D eigenvalue weighted by Crippen LogP contribution is -2.20. The van der Waals surface area contributed by atoms with Crippen LogP contribution in [0.15, 0.2) is 72.8 Å². The first-order valence-electron chi connectivity index (χ1n) is 7.90. The standard InChI is InChI=1S/C20H16ClFN2O2/c21-14-5-11-17(12-6-14)26-13-20(25)24-16-9-7-15(8-10-16)23-19-4-2-1-3-18(19)22/h1-12,23H,13H2,(H,24,25). The molecular weight excluding hydrogens is 355 g/mol. The van der Waals surface area contributed by atoms with Crippen molar-refractivity contribution in [3.63, 3.8) is 0 Å². The molecule has 3 aromatic carbocycles. The first kappa shape index (κ1) is 17.8. The Labute approximate surface area is 155 Å². The summed E-state index contributed by atoms with van der Waals surface area (Å²) in [5.41, 5.74) is 1.72. The third-order valence-corrected chi connectivity index (χ3v) is 3.76. The average Bonchev–Trinajstić information content (AvgIpc) is 2.65. The van der Waals surface area contributed by atoms with E-state index in [1.165, 1.54) is 6.07 Å². The van der Waals surface area contributed by atoms with Gasteiger partial charge in [0.25, 0.3) is 5.91 Å². The molecule has 3 rings (SSSR count). The van der Waals surface area contributed by atoms with Gasteiger partial charge in [-0.15, -0.1) is 0 Å². The highest BCUT2D eigenvalue weighted by Crippen LogP contribution is 2.21. The molecule has 1 amide bonds. The van der Waals surface area contributed by atoms with E-state index in [9.17, 15) is 9.18 Å². The molecule has 6 heteroatoms. The molecule has 0 aliphatic rings. The molecule has 4 nitrogen and oxygen atoms in total. The molecular formula is C20H16ClFN2O2. The van der Waals surface area contributed by atoms with E-state index in [-0.39, 0.29) is 18.3 Å². The Balaban J connectivity index is 1.52. The lowest BCUT2D eigenvalue weighted by molar-refractivity contribution is -0.118. The summed E-state index contributed by atoms with van der Waals surface area (Å²) in [6, 6.07) is 20.1. The van der Waals surface area contributed by atoms with E-state index >= 15 is 0 Å².